The van der Waals surface area contributed by atoms with Crippen molar-refractivity contribution >= 4 is 247 Å². The van der Waals surface area contributed by atoms with Gasteiger partial charge in [0.05, 0.1) is 88.3 Å². The molecular formula is C106H95Cl4N9O22S8. The number of Topliss-reactive ketones (excluding diaryl/α,β-unsaturated/α-hetero) is 4. The van der Waals surface area contributed by atoms with Crippen LogP contribution in [0.3, 0.4) is 0 Å². The number of thiophene rings is 4. The highest BCUT2D eigenvalue weighted by molar-refractivity contribution is 7.95. The number of carbonyl (C=O) groups excluding carboxylic acids is 12. The lowest BCUT2D eigenvalue weighted by molar-refractivity contribution is -0.118. The summed E-state index contributed by atoms with van der Waals surface area (Å²) in [6.45, 7) is 14.8. The quantitative estimate of drug-likeness (QED) is 0.0278. The summed E-state index contributed by atoms with van der Waals surface area (Å²) in [4.78, 5) is 168. The number of benzene rings is 8. The third-order valence-electron chi connectivity index (χ3n) is 25.7. The zero-order chi connectivity index (χ0) is 106. The molecule has 8 amide bonds. The smallest absolute Gasteiger partial charge is 0.265 e. The average Bonchev–Trinajstić information content (AvgIpc) is 1.30. The van der Waals surface area contributed by atoms with E-state index in [-0.39, 0.29) is 104 Å². The number of aliphatic imine (C=N–C) groups is 1. The number of nitrogens with zero attached hydrogens (tertiary/aromatic N) is 6. The Bertz CT molecular complexity index is 7790. The van der Waals surface area contributed by atoms with Gasteiger partial charge in [-0.15, -0.1) is 45.3 Å². The summed E-state index contributed by atoms with van der Waals surface area (Å²) in [5.41, 5.74) is 14.4. The number of morpholine rings is 1. The van der Waals surface area contributed by atoms with Crippen molar-refractivity contribution in [3.05, 3.63) is 305 Å². The van der Waals surface area contributed by atoms with Gasteiger partial charge in [-0.05, 0) is 243 Å². The van der Waals surface area contributed by atoms with Crippen LogP contribution >= 0.6 is 91.8 Å². The second-order valence-electron chi connectivity index (χ2n) is 36.4. The molecule has 12 aromatic rings. The predicted molar refractivity (Wildman–Crippen MR) is 575 cm³/mol. The van der Waals surface area contributed by atoms with Gasteiger partial charge in [0.25, 0.3) is 23.6 Å². The first-order valence-corrected chi connectivity index (χ1v) is 58.5. The lowest BCUT2D eigenvalue weighted by atomic mass is 9.91. The topological polar surface area (TPSA) is 425 Å². The molecule has 3 N–H and O–H groups in total. The van der Waals surface area contributed by atoms with Crippen molar-refractivity contribution in [1.82, 2.24) is 4.90 Å². The molecule has 31 nitrogen and oxygen atoms in total. The van der Waals surface area contributed by atoms with Crippen molar-refractivity contribution in [3.8, 4) is 0 Å². The van der Waals surface area contributed by atoms with Crippen LogP contribution in [0.25, 0.3) is 0 Å². The van der Waals surface area contributed by atoms with Crippen LogP contribution in [-0.2, 0) is 151 Å². The van der Waals surface area contributed by atoms with Gasteiger partial charge in [-0.3, -0.25) is 62.4 Å². The maximum atomic E-state index is 13.3. The molecule has 43 heteroatoms. The van der Waals surface area contributed by atoms with Crippen LogP contribution in [0.15, 0.2) is 204 Å². The molecule has 0 radical (unpaired) electrons. The molecule has 772 valence electrons. The molecule has 0 unspecified atom stereocenters. The number of nitrogens with one attached hydrogen (secondary N) is 3. The van der Waals surface area contributed by atoms with Crippen molar-refractivity contribution in [2.24, 2.45) is 4.99 Å². The second-order valence-corrected chi connectivity index (χ2v) is 52.0. The first kappa shape index (κ1) is 108. The summed E-state index contributed by atoms with van der Waals surface area (Å²) < 4.78 is 112. The van der Waals surface area contributed by atoms with Gasteiger partial charge in [0.15, 0.2) is 62.5 Å². The number of imide groups is 4. The fraction of sp³-hybridized carbons (Fsp3) is 0.274. The van der Waals surface area contributed by atoms with E-state index in [4.69, 9.17) is 55.9 Å². The summed E-state index contributed by atoms with van der Waals surface area (Å²) in [6.07, 6.45) is 2.66. The fourth-order valence-electron chi connectivity index (χ4n) is 18.2. The van der Waals surface area contributed by atoms with Crippen molar-refractivity contribution < 1.29 is 101 Å². The van der Waals surface area contributed by atoms with Crippen LogP contribution in [0.1, 0.15) is 129 Å². The van der Waals surface area contributed by atoms with Crippen molar-refractivity contribution in [3.63, 3.8) is 0 Å². The molecule has 0 atom stereocenters. The molecule has 8 aliphatic rings. The van der Waals surface area contributed by atoms with Gasteiger partial charge in [0.2, 0.25) is 29.5 Å². The lowest BCUT2D eigenvalue weighted by Gasteiger charge is -2.28. The van der Waals surface area contributed by atoms with Crippen LogP contribution in [0.2, 0.25) is 20.1 Å². The van der Waals surface area contributed by atoms with Crippen LogP contribution in [0.4, 0.5) is 39.8 Å². The summed E-state index contributed by atoms with van der Waals surface area (Å²) in [5.74, 6) is -6.75. The van der Waals surface area contributed by atoms with E-state index in [1.165, 1.54) is 24.3 Å². The molecule has 1 fully saturated rings. The number of halogens is 4. The molecule has 12 heterocycles. The fourth-order valence-corrected chi connectivity index (χ4v) is 30.3. The minimum atomic E-state index is -3.79. The van der Waals surface area contributed by atoms with E-state index in [1.807, 2.05) is 30.3 Å². The van der Waals surface area contributed by atoms with E-state index in [2.05, 4.69) is 25.8 Å². The van der Waals surface area contributed by atoms with Gasteiger partial charge < -0.3 is 25.4 Å². The highest BCUT2D eigenvalue weighted by Gasteiger charge is 2.40. The van der Waals surface area contributed by atoms with Crippen LogP contribution in [0.5, 0.6) is 0 Å². The van der Waals surface area contributed by atoms with E-state index in [0.29, 0.717) is 137 Å². The summed E-state index contributed by atoms with van der Waals surface area (Å²) in [7, 11) is -15.1. The van der Waals surface area contributed by atoms with Gasteiger partial charge in [-0.1, -0.05) is 94.9 Å². The zero-order valence-electron chi connectivity index (χ0n) is 80.4. The number of ketones is 4. The Hall–Kier alpha value is -12.5. The summed E-state index contributed by atoms with van der Waals surface area (Å²) >= 11 is 28.0. The zero-order valence-corrected chi connectivity index (χ0v) is 90.0. The number of carbonyl (C=O) groups is 12. The molecule has 0 saturated carbocycles. The molecular weight excluding hydrogens is 2150 g/mol. The minimum Gasteiger partial charge on any atom is -0.476 e. The Balaban J connectivity index is 0.000000136. The number of sulfone groups is 4. The number of ether oxygens (including phenoxy) is 2. The number of hydrogen-bond acceptors (Lipinski definition) is 31. The largest absolute Gasteiger partial charge is 0.476 e. The first-order chi connectivity index (χ1) is 71.0. The Labute approximate surface area is 894 Å². The SMILES string of the molecule is Cc1sc(S(=O)(=O)CC(=O)Cc2ccc(N3C(=O)Cc4c(ccc5c4CCN5)C3=O)cc2)cc1Cl.Cc1sc(S(=O)(=O)CC(=O)Cc2ccc(N3C(=O)Cc4cc(C5=NCCO5)ccc4C3=O)cc2)cc1Cl.Cc1sc(S(=O)(=O)CC(=O)Cc2ccc(N3C(=O)Cc4cc(NCCCN5CCOCC5)ccc4C3=O)cc2)cc1Cl.Cc1sc(S(=O)(=O)CC(=O)Cc2ccc(N3C(=O)Cc4cc5c(cc4C3=O)CCN5)cc2)cc1Cl. The molecule has 8 aliphatic heterocycles. The number of fused-ring (bicyclic) bond motifs is 7. The van der Waals surface area contributed by atoms with Crippen molar-refractivity contribution in [2.45, 2.75) is 115 Å². The Morgan fingerprint density at radius 3 is 1.14 bits per heavy atom. The number of amides is 8. The summed E-state index contributed by atoms with van der Waals surface area (Å²) in [5, 5.41) is 11.4. The normalized spacial score (nSPS) is 15.4. The minimum absolute atomic E-state index is 0.0481. The summed E-state index contributed by atoms with van der Waals surface area (Å²) in [6, 6.07) is 49.3. The Kier molecular flexibility index (Phi) is 32.8. The number of anilines is 7. The average molecular weight is 2250 g/mol. The molecule has 1 saturated heterocycles. The Morgan fingerprint density at radius 2 is 0.745 bits per heavy atom. The second kappa shape index (κ2) is 45.4. The van der Waals surface area contributed by atoms with Crippen LogP contribution in [0, 0.1) is 27.7 Å². The van der Waals surface area contributed by atoms with Gasteiger partial charge in [0.1, 0.15) is 46.5 Å². The molecule has 0 bridgehead atoms. The van der Waals surface area contributed by atoms with E-state index in [0.717, 1.165) is 182 Å². The van der Waals surface area contributed by atoms with E-state index in [1.54, 1.807) is 155 Å². The molecule has 0 aliphatic carbocycles. The molecule has 149 heavy (non-hydrogen) atoms. The number of rotatable bonds is 30. The molecule has 0 spiro atoms. The number of hydrogen-bond donors (Lipinski definition) is 3. The first-order valence-electron chi connectivity index (χ1n) is 47.1. The molecule has 20 rings (SSSR count). The van der Waals surface area contributed by atoms with Gasteiger partial charge in [-0.2, -0.15) is 0 Å². The van der Waals surface area contributed by atoms with Gasteiger partial charge in [0, 0.05) is 123 Å². The molecule has 8 aromatic carbocycles. The lowest BCUT2D eigenvalue weighted by Crippen LogP contribution is -2.42. The maximum absolute atomic E-state index is 13.3. The third kappa shape index (κ3) is 24.7. The Morgan fingerprint density at radius 1 is 0.383 bits per heavy atom. The third-order valence-corrected chi connectivity index (χ3v) is 40.9. The highest BCUT2D eigenvalue weighted by Crippen LogP contribution is 2.41. The standard InChI is InChI=1S/C30H32ClN3O6S2.C26H21ClN2O6S2.2C25H21ClN2O5S2/c1-20-27(31)18-29(41-20)42(38,39)19-25(35)15-21-3-6-24(7-4-21)34-28(36)17-22-16-23(5-8-26(22)30(34)37)32-9-2-10-33-11-13-40-14-12-33;1-15-22(27)13-24(36-15)37(33,34)14-20(30)10-16-2-5-19(6-3-16)29-23(31)12-18-11-17(25-28-8-9-35-25)4-7-21(18)26(29)32;1-14-21(26)12-24(34-14)35(32,33)13-19(29)8-15-2-4-18(5-3-15)28-23(30)11-17-10-22-16(6-7-27-22)9-20(17)25(28)31;1-14-21(26)12-24(34-14)35(32,33)13-17(29)10-15-2-4-16(5-3-15)28-23(30)11-20-18-8-9-27-22(18)7-6-19(20)25(28)31/h3-8,16,18,32H,2,9-15,17,19H2,1H3;2-7,11,13H,8-10,12,14H2,1H3;2-5,9-10,12,27H,6-8,11,13H2,1H3;2-7,12,27H,8-11,13H2,1H3. The molecule has 4 aromatic heterocycles. The van der Waals surface area contributed by atoms with Crippen LogP contribution < -0.4 is 35.6 Å². The van der Waals surface area contributed by atoms with Crippen LogP contribution in [-0.4, -0.2) is 204 Å². The van der Waals surface area contributed by atoms with Gasteiger partial charge in [-0.25, -0.2) is 58.3 Å². The predicted octanol–water partition coefficient (Wildman–Crippen LogP) is 15.9. The van der Waals surface area contributed by atoms with Crippen molar-refractivity contribution in [2.75, 3.05) is 124 Å². The monoisotopic (exact) mass is 2240 g/mol. The highest BCUT2D eigenvalue weighted by atomic mass is 35.5. The van der Waals surface area contributed by atoms with Gasteiger partial charge >= 0.3 is 0 Å². The van der Waals surface area contributed by atoms with E-state index >= 15 is 0 Å². The maximum Gasteiger partial charge on any atom is 0.265 e. The van der Waals surface area contributed by atoms with E-state index in [9.17, 15) is 91.2 Å². The number of aryl methyl sites for hydroxylation is 4. The van der Waals surface area contributed by atoms with Crippen molar-refractivity contribution in [1.29, 1.82) is 0 Å². The van der Waals surface area contributed by atoms with E-state index < -0.39 is 97.3 Å².